The van der Waals surface area contributed by atoms with Crippen LogP contribution < -0.4 is 9.80 Å². The zero-order valence-corrected chi connectivity index (χ0v) is 17.9. The first kappa shape index (κ1) is 20.7. The first-order valence-corrected chi connectivity index (χ1v) is 10.8. The second-order valence-corrected chi connectivity index (χ2v) is 8.46. The number of benzene rings is 2. The molecule has 0 bridgehead atoms. The standard InChI is InChI=1S/C24H31FN4O/c1-26(2)23-8-4-3-7-22(23)24(30)29-13-5-6-21(18-29)28-16-14-27(15-17-28)20-11-9-19(25)10-12-20/h3-4,7-12,21H,5-6,13-18H2,1-2H3. The van der Waals surface area contributed by atoms with Crippen LogP contribution in [0.1, 0.15) is 23.2 Å². The van der Waals surface area contributed by atoms with E-state index in [-0.39, 0.29) is 11.7 Å². The fourth-order valence-electron chi connectivity index (χ4n) is 4.65. The van der Waals surface area contributed by atoms with Gasteiger partial charge in [-0.15, -0.1) is 0 Å². The molecule has 0 saturated carbocycles. The first-order valence-electron chi connectivity index (χ1n) is 10.8. The minimum Gasteiger partial charge on any atom is -0.377 e. The molecule has 2 aliphatic heterocycles. The molecule has 2 aromatic carbocycles. The number of carbonyl (C=O) groups is 1. The van der Waals surface area contributed by atoms with Crippen LogP contribution in [0.25, 0.3) is 0 Å². The second-order valence-electron chi connectivity index (χ2n) is 8.46. The average molecular weight is 411 g/mol. The lowest BCUT2D eigenvalue weighted by Gasteiger charge is -2.44. The topological polar surface area (TPSA) is 30.0 Å². The number of para-hydroxylation sites is 1. The molecule has 0 spiro atoms. The third kappa shape index (κ3) is 4.43. The molecular weight excluding hydrogens is 379 g/mol. The molecule has 30 heavy (non-hydrogen) atoms. The van der Waals surface area contributed by atoms with Gasteiger partial charge in [-0.25, -0.2) is 4.39 Å². The van der Waals surface area contributed by atoms with Crippen LogP contribution in [-0.4, -0.2) is 75.1 Å². The van der Waals surface area contributed by atoms with Gasteiger partial charge in [0.1, 0.15) is 5.82 Å². The number of halogens is 1. The predicted molar refractivity (Wildman–Crippen MR) is 120 cm³/mol. The van der Waals surface area contributed by atoms with E-state index >= 15 is 0 Å². The maximum Gasteiger partial charge on any atom is 0.256 e. The van der Waals surface area contributed by atoms with E-state index in [0.717, 1.165) is 69.0 Å². The van der Waals surface area contributed by atoms with Gasteiger partial charge in [-0.3, -0.25) is 9.69 Å². The minimum atomic E-state index is -0.194. The number of hydrogen-bond acceptors (Lipinski definition) is 4. The van der Waals surface area contributed by atoms with E-state index in [2.05, 4.69) is 9.80 Å². The Morgan fingerprint density at radius 3 is 2.37 bits per heavy atom. The molecule has 4 rings (SSSR count). The molecule has 6 heteroatoms. The predicted octanol–water partition coefficient (Wildman–Crippen LogP) is 3.32. The number of amides is 1. The quantitative estimate of drug-likeness (QED) is 0.774. The molecule has 1 unspecified atom stereocenters. The van der Waals surface area contributed by atoms with Gasteiger partial charge in [0.2, 0.25) is 0 Å². The Kier molecular flexibility index (Phi) is 6.23. The minimum absolute atomic E-state index is 0.133. The number of likely N-dealkylation sites (tertiary alicyclic amines) is 1. The van der Waals surface area contributed by atoms with Gasteiger partial charge in [0.15, 0.2) is 0 Å². The first-order chi connectivity index (χ1) is 14.5. The van der Waals surface area contributed by atoms with E-state index in [0.29, 0.717) is 6.04 Å². The number of hydrogen-bond donors (Lipinski definition) is 0. The van der Waals surface area contributed by atoms with Gasteiger partial charge in [0.25, 0.3) is 5.91 Å². The van der Waals surface area contributed by atoms with Crippen molar-refractivity contribution in [3.05, 3.63) is 59.9 Å². The Morgan fingerprint density at radius 2 is 1.67 bits per heavy atom. The highest BCUT2D eigenvalue weighted by Crippen LogP contribution is 2.25. The van der Waals surface area contributed by atoms with E-state index in [1.54, 1.807) is 0 Å². The van der Waals surface area contributed by atoms with Gasteiger partial charge in [-0.1, -0.05) is 12.1 Å². The Hall–Kier alpha value is -2.60. The van der Waals surface area contributed by atoms with Gasteiger partial charge in [-0.2, -0.15) is 0 Å². The monoisotopic (exact) mass is 410 g/mol. The van der Waals surface area contributed by atoms with E-state index in [9.17, 15) is 9.18 Å². The molecule has 160 valence electrons. The third-order valence-corrected chi connectivity index (χ3v) is 6.32. The molecule has 2 aliphatic rings. The lowest BCUT2D eigenvalue weighted by molar-refractivity contribution is 0.0564. The van der Waals surface area contributed by atoms with Gasteiger partial charge in [-0.05, 0) is 49.2 Å². The Bertz CT molecular complexity index is 862. The van der Waals surface area contributed by atoms with E-state index in [1.165, 1.54) is 12.1 Å². The normalized spacial score (nSPS) is 20.3. The summed E-state index contributed by atoms with van der Waals surface area (Å²) in [6.45, 7) is 5.42. The summed E-state index contributed by atoms with van der Waals surface area (Å²) in [6.07, 6.45) is 2.17. The molecule has 0 aromatic heterocycles. The van der Waals surface area contributed by atoms with Crippen molar-refractivity contribution >= 4 is 17.3 Å². The van der Waals surface area contributed by atoms with Crippen molar-refractivity contribution in [3.63, 3.8) is 0 Å². The Labute approximate surface area is 178 Å². The van der Waals surface area contributed by atoms with Crippen LogP contribution in [-0.2, 0) is 0 Å². The number of carbonyl (C=O) groups excluding carboxylic acids is 1. The molecule has 1 amide bonds. The van der Waals surface area contributed by atoms with E-state index < -0.39 is 0 Å². The zero-order valence-electron chi connectivity index (χ0n) is 17.9. The van der Waals surface area contributed by atoms with Crippen molar-refractivity contribution in [3.8, 4) is 0 Å². The van der Waals surface area contributed by atoms with Crippen molar-refractivity contribution in [2.24, 2.45) is 0 Å². The smallest absolute Gasteiger partial charge is 0.256 e. The highest BCUT2D eigenvalue weighted by atomic mass is 19.1. The third-order valence-electron chi connectivity index (χ3n) is 6.32. The molecule has 2 saturated heterocycles. The lowest BCUT2D eigenvalue weighted by Crippen LogP contribution is -2.56. The van der Waals surface area contributed by atoms with Crippen LogP contribution in [0.15, 0.2) is 48.5 Å². The highest BCUT2D eigenvalue weighted by molar-refractivity contribution is 5.99. The van der Waals surface area contributed by atoms with Gasteiger partial charge in [0, 0.05) is 70.8 Å². The molecule has 5 nitrogen and oxygen atoms in total. The summed E-state index contributed by atoms with van der Waals surface area (Å²) < 4.78 is 13.2. The average Bonchev–Trinajstić information content (AvgIpc) is 2.79. The van der Waals surface area contributed by atoms with Crippen LogP contribution in [0, 0.1) is 5.82 Å². The lowest BCUT2D eigenvalue weighted by atomic mass is 10.0. The Balaban J connectivity index is 1.38. The number of anilines is 2. The van der Waals surface area contributed by atoms with Crippen molar-refractivity contribution in [1.82, 2.24) is 9.80 Å². The number of piperazine rings is 1. The molecule has 2 fully saturated rings. The van der Waals surface area contributed by atoms with Crippen LogP contribution in [0.3, 0.4) is 0 Å². The van der Waals surface area contributed by atoms with Crippen molar-refractivity contribution in [1.29, 1.82) is 0 Å². The van der Waals surface area contributed by atoms with Crippen LogP contribution in [0.4, 0.5) is 15.8 Å². The molecule has 2 heterocycles. The van der Waals surface area contributed by atoms with E-state index in [4.69, 9.17) is 0 Å². The number of rotatable bonds is 4. The van der Waals surface area contributed by atoms with Gasteiger partial charge in [0.05, 0.1) is 5.56 Å². The summed E-state index contributed by atoms with van der Waals surface area (Å²) >= 11 is 0. The maximum absolute atomic E-state index is 13.3. The molecule has 2 aromatic rings. The molecular formula is C24H31FN4O. The summed E-state index contributed by atoms with van der Waals surface area (Å²) in [5, 5.41) is 0. The summed E-state index contributed by atoms with van der Waals surface area (Å²) in [6, 6.07) is 15.0. The summed E-state index contributed by atoms with van der Waals surface area (Å²) in [4.78, 5) is 22.1. The summed E-state index contributed by atoms with van der Waals surface area (Å²) in [7, 11) is 3.96. The number of nitrogens with zero attached hydrogens (tertiary/aromatic N) is 4. The van der Waals surface area contributed by atoms with Crippen LogP contribution in [0.2, 0.25) is 0 Å². The van der Waals surface area contributed by atoms with Gasteiger partial charge >= 0.3 is 0 Å². The molecule has 0 radical (unpaired) electrons. The molecule has 0 aliphatic carbocycles. The second kappa shape index (κ2) is 9.04. The summed E-state index contributed by atoms with van der Waals surface area (Å²) in [5.41, 5.74) is 2.83. The molecule has 1 atom stereocenters. The van der Waals surface area contributed by atoms with Crippen LogP contribution in [0.5, 0.6) is 0 Å². The fraction of sp³-hybridized carbons (Fsp3) is 0.458. The summed E-state index contributed by atoms with van der Waals surface area (Å²) in [5.74, 6) is -0.0610. The maximum atomic E-state index is 13.3. The number of piperidine rings is 1. The largest absolute Gasteiger partial charge is 0.377 e. The van der Waals surface area contributed by atoms with Gasteiger partial charge < -0.3 is 14.7 Å². The molecule has 0 N–H and O–H groups in total. The van der Waals surface area contributed by atoms with Crippen molar-refractivity contribution in [2.45, 2.75) is 18.9 Å². The van der Waals surface area contributed by atoms with Crippen molar-refractivity contribution < 1.29 is 9.18 Å². The zero-order chi connectivity index (χ0) is 21.1. The Morgan fingerprint density at radius 1 is 0.967 bits per heavy atom. The van der Waals surface area contributed by atoms with E-state index in [1.807, 2.05) is 60.3 Å². The SMILES string of the molecule is CN(C)c1ccccc1C(=O)N1CCCC(N2CCN(c3ccc(F)cc3)CC2)C1. The highest BCUT2D eigenvalue weighted by Gasteiger charge is 2.31. The van der Waals surface area contributed by atoms with Crippen LogP contribution >= 0.6 is 0 Å². The fourth-order valence-corrected chi connectivity index (χ4v) is 4.65. The van der Waals surface area contributed by atoms with Crippen molar-refractivity contribution in [2.75, 3.05) is 63.2 Å².